The number of pyridine rings is 1. The molecule has 2 aromatic heterocycles. The number of aryl methyl sites for hydroxylation is 3. The molecule has 6 heteroatoms. The lowest BCUT2D eigenvalue weighted by Gasteiger charge is -2.17. The first-order chi connectivity index (χ1) is 15.2. The number of anilines is 1. The van der Waals surface area contributed by atoms with Crippen molar-refractivity contribution in [3.05, 3.63) is 76.3 Å². The van der Waals surface area contributed by atoms with Crippen molar-refractivity contribution in [2.24, 2.45) is 0 Å². The summed E-state index contributed by atoms with van der Waals surface area (Å²) >= 11 is 1.79. The predicted octanol–water partition coefficient (Wildman–Crippen LogP) is 3.42. The van der Waals surface area contributed by atoms with Crippen LogP contribution in [0.2, 0.25) is 0 Å². The molecule has 0 aliphatic heterocycles. The first kappa shape index (κ1) is 22.3. The van der Waals surface area contributed by atoms with E-state index in [2.05, 4.69) is 17.4 Å². The van der Waals surface area contributed by atoms with Crippen molar-refractivity contribution in [3.63, 3.8) is 0 Å². The van der Waals surface area contributed by atoms with Gasteiger partial charge in [-0.1, -0.05) is 42.5 Å². The molecule has 0 saturated heterocycles. The number of halogens is 1. The maximum absolute atomic E-state index is 13.6. The molecule has 4 aromatic rings. The van der Waals surface area contributed by atoms with Crippen LogP contribution in [0.15, 0.2) is 54.6 Å². The molecule has 0 unspecified atom stereocenters. The van der Waals surface area contributed by atoms with E-state index in [0.29, 0.717) is 17.0 Å². The number of hydrogen-bond acceptors (Lipinski definition) is 4. The Morgan fingerprint density at radius 3 is 2.53 bits per heavy atom. The van der Waals surface area contributed by atoms with Gasteiger partial charge in [-0.3, -0.25) is 4.79 Å². The molecule has 2 heterocycles. The summed E-state index contributed by atoms with van der Waals surface area (Å²) in [5.41, 5.74) is 5.46. The molecule has 32 heavy (non-hydrogen) atoms. The zero-order valence-electron chi connectivity index (χ0n) is 18.1. The molecule has 0 bridgehead atoms. The van der Waals surface area contributed by atoms with E-state index in [9.17, 15) is 4.79 Å². The van der Waals surface area contributed by atoms with Crippen LogP contribution >= 0.6 is 11.3 Å². The van der Waals surface area contributed by atoms with E-state index in [4.69, 9.17) is 9.72 Å². The van der Waals surface area contributed by atoms with E-state index in [-0.39, 0.29) is 18.3 Å². The standard InChI is InChI=1S/C26H24N2O2S.ClH/c1-16-22(25(29)28-19-13-7-8-14-20(19)30-2)23(17-10-4-3-5-11-17)24-18-12-6-9-15-21(18)31-26(24)27-16;/h3-5,7-8,10-11,13-14H,6,9,12,15H2,1-2H3,(H,28,29);1H/p-1. The highest BCUT2D eigenvalue weighted by molar-refractivity contribution is 7.19. The van der Waals surface area contributed by atoms with Gasteiger partial charge in [-0.25, -0.2) is 4.98 Å². The summed E-state index contributed by atoms with van der Waals surface area (Å²) < 4.78 is 5.43. The third-order valence-corrected chi connectivity index (χ3v) is 7.11. The lowest BCUT2D eigenvalue weighted by atomic mass is 9.89. The number of para-hydroxylation sites is 2. The van der Waals surface area contributed by atoms with Crippen LogP contribution in [-0.2, 0) is 12.8 Å². The summed E-state index contributed by atoms with van der Waals surface area (Å²) in [6, 6.07) is 17.7. The van der Waals surface area contributed by atoms with Crippen LogP contribution in [-0.4, -0.2) is 18.0 Å². The van der Waals surface area contributed by atoms with Crippen LogP contribution in [0.5, 0.6) is 5.75 Å². The van der Waals surface area contributed by atoms with Crippen LogP contribution in [0.3, 0.4) is 0 Å². The molecule has 1 aliphatic carbocycles. The van der Waals surface area contributed by atoms with Crippen molar-refractivity contribution in [2.75, 3.05) is 12.4 Å². The Labute approximate surface area is 198 Å². The summed E-state index contributed by atoms with van der Waals surface area (Å²) in [7, 11) is 1.61. The van der Waals surface area contributed by atoms with Crippen LogP contribution in [0.4, 0.5) is 5.69 Å². The molecule has 0 atom stereocenters. The van der Waals surface area contributed by atoms with Gasteiger partial charge in [0.2, 0.25) is 0 Å². The molecule has 1 N–H and O–H groups in total. The number of ether oxygens (including phenoxy) is 1. The lowest BCUT2D eigenvalue weighted by molar-refractivity contribution is -0.0000141. The Hall–Kier alpha value is -2.89. The molecule has 0 spiro atoms. The number of hydrogen-bond donors (Lipinski definition) is 1. The molecular formula is C26H24ClN2O2S-. The smallest absolute Gasteiger partial charge is 0.258 e. The minimum absolute atomic E-state index is 0. The number of rotatable bonds is 4. The Balaban J connectivity index is 0.00000245. The van der Waals surface area contributed by atoms with Crippen LogP contribution in [0.1, 0.15) is 39.3 Å². The van der Waals surface area contributed by atoms with Crippen LogP contribution in [0, 0.1) is 6.92 Å². The maximum Gasteiger partial charge on any atom is 0.258 e. The second-order valence-corrected chi connectivity index (χ2v) is 8.94. The van der Waals surface area contributed by atoms with Crippen LogP contribution < -0.4 is 22.5 Å². The van der Waals surface area contributed by atoms with Gasteiger partial charge >= 0.3 is 0 Å². The summed E-state index contributed by atoms with van der Waals surface area (Å²) in [6.07, 6.45) is 4.56. The quantitative estimate of drug-likeness (QED) is 0.504. The highest BCUT2D eigenvalue weighted by Gasteiger charge is 2.26. The zero-order valence-corrected chi connectivity index (χ0v) is 19.6. The second kappa shape index (κ2) is 9.31. The minimum atomic E-state index is -0.161. The van der Waals surface area contributed by atoms with Crippen molar-refractivity contribution >= 4 is 33.1 Å². The average Bonchev–Trinajstić information content (AvgIpc) is 3.16. The SMILES string of the molecule is COc1ccccc1NC(=O)c1c(C)nc2sc3c(c2c1-c1ccccc1)CCCC3.[Cl-]. The fourth-order valence-electron chi connectivity index (χ4n) is 4.51. The number of aromatic nitrogens is 1. The Morgan fingerprint density at radius 2 is 1.75 bits per heavy atom. The van der Waals surface area contributed by atoms with Gasteiger partial charge in [-0.2, -0.15) is 0 Å². The van der Waals surface area contributed by atoms with E-state index in [1.165, 1.54) is 23.3 Å². The predicted molar refractivity (Wildman–Crippen MR) is 127 cm³/mol. The molecule has 1 aliphatic rings. The first-order valence-corrected chi connectivity index (χ1v) is 11.4. The number of amides is 1. The van der Waals surface area contributed by atoms with Gasteiger partial charge < -0.3 is 22.5 Å². The van der Waals surface area contributed by atoms with Gasteiger partial charge in [0.15, 0.2) is 0 Å². The highest BCUT2D eigenvalue weighted by atomic mass is 35.5. The second-order valence-electron chi connectivity index (χ2n) is 7.86. The summed E-state index contributed by atoms with van der Waals surface area (Å²) in [5, 5.41) is 4.22. The number of carbonyl (C=O) groups excluding carboxylic acids is 1. The molecular weight excluding hydrogens is 440 g/mol. The molecule has 1 amide bonds. The van der Waals surface area contributed by atoms with Crippen molar-refractivity contribution in [1.29, 1.82) is 0 Å². The number of carbonyl (C=O) groups is 1. The molecule has 0 fully saturated rings. The fourth-order valence-corrected chi connectivity index (χ4v) is 5.82. The van der Waals surface area contributed by atoms with Crippen molar-refractivity contribution in [1.82, 2.24) is 4.98 Å². The average molecular weight is 464 g/mol. The third-order valence-electron chi connectivity index (χ3n) is 5.93. The lowest BCUT2D eigenvalue weighted by Crippen LogP contribution is -3.00. The normalized spacial score (nSPS) is 12.7. The van der Waals surface area contributed by atoms with E-state index in [1.807, 2.05) is 49.4 Å². The van der Waals surface area contributed by atoms with Crippen LogP contribution in [0.25, 0.3) is 21.3 Å². The number of methoxy groups -OCH3 is 1. The Kier molecular flexibility index (Phi) is 6.49. The molecule has 0 saturated carbocycles. The molecule has 164 valence electrons. The molecule has 4 nitrogen and oxygen atoms in total. The van der Waals surface area contributed by atoms with E-state index >= 15 is 0 Å². The minimum Gasteiger partial charge on any atom is -1.00 e. The summed E-state index contributed by atoms with van der Waals surface area (Å²) in [4.78, 5) is 21.0. The Bertz CT molecular complexity index is 1280. The topological polar surface area (TPSA) is 51.2 Å². The van der Waals surface area contributed by atoms with Gasteiger partial charge in [-0.05, 0) is 55.9 Å². The van der Waals surface area contributed by atoms with E-state index in [0.717, 1.165) is 39.9 Å². The largest absolute Gasteiger partial charge is 1.00 e. The fraction of sp³-hybridized carbons (Fsp3) is 0.231. The molecule has 5 rings (SSSR count). The Morgan fingerprint density at radius 1 is 1.03 bits per heavy atom. The highest BCUT2D eigenvalue weighted by Crippen LogP contribution is 2.43. The maximum atomic E-state index is 13.6. The van der Waals surface area contributed by atoms with Gasteiger partial charge in [0.1, 0.15) is 10.6 Å². The first-order valence-electron chi connectivity index (χ1n) is 10.6. The number of fused-ring (bicyclic) bond motifs is 3. The van der Waals surface area contributed by atoms with Gasteiger partial charge in [0.05, 0.1) is 24.1 Å². The number of thiophene rings is 1. The third kappa shape index (κ3) is 3.87. The number of nitrogens with one attached hydrogen (secondary N) is 1. The number of benzene rings is 2. The zero-order chi connectivity index (χ0) is 21.4. The number of nitrogens with zero attached hydrogens (tertiary/aromatic N) is 1. The van der Waals surface area contributed by atoms with Gasteiger partial charge in [-0.15, -0.1) is 11.3 Å². The summed E-state index contributed by atoms with van der Waals surface area (Å²) in [5.74, 6) is 0.475. The van der Waals surface area contributed by atoms with Crippen molar-refractivity contribution in [2.45, 2.75) is 32.6 Å². The van der Waals surface area contributed by atoms with Crippen molar-refractivity contribution in [3.8, 4) is 16.9 Å². The van der Waals surface area contributed by atoms with Gasteiger partial charge in [0.25, 0.3) is 5.91 Å². The van der Waals surface area contributed by atoms with Gasteiger partial charge in [0, 0.05) is 15.8 Å². The molecule has 2 aromatic carbocycles. The monoisotopic (exact) mass is 463 g/mol. The van der Waals surface area contributed by atoms with E-state index in [1.54, 1.807) is 18.4 Å². The van der Waals surface area contributed by atoms with Crippen molar-refractivity contribution < 1.29 is 21.9 Å². The molecule has 0 radical (unpaired) electrons. The summed E-state index contributed by atoms with van der Waals surface area (Å²) in [6.45, 7) is 1.93. The van der Waals surface area contributed by atoms with E-state index < -0.39 is 0 Å².